The second kappa shape index (κ2) is 5.38. The Balaban J connectivity index is 1.72. The molecule has 5 heteroatoms. The molecule has 0 unspecified atom stereocenters. The highest BCUT2D eigenvalue weighted by molar-refractivity contribution is 6.47. The van der Waals surface area contributed by atoms with Crippen molar-refractivity contribution < 1.29 is 18.6 Å². The summed E-state index contributed by atoms with van der Waals surface area (Å²) in [6.07, 6.45) is 1.70. The van der Waals surface area contributed by atoms with Gasteiger partial charge in [-0.2, -0.15) is 0 Å². The minimum Gasteiger partial charge on any atom is -0.464 e. The maximum Gasteiger partial charge on any atom is 0.309 e. The fourth-order valence-corrected chi connectivity index (χ4v) is 2.89. The molecule has 25 heavy (non-hydrogen) atoms. The first-order chi connectivity index (χ1) is 11.8. The largest absolute Gasteiger partial charge is 0.464 e. The smallest absolute Gasteiger partial charge is 0.309 e. The SMILES string of the molecule is CC(C)(O)C(C)(C)OBc1ccc2c(c1)oc1ccc3occc3c12. The van der Waals surface area contributed by atoms with Gasteiger partial charge in [0.2, 0.25) is 0 Å². The molecule has 2 aromatic heterocycles. The van der Waals surface area contributed by atoms with Crippen molar-refractivity contribution in [2.24, 2.45) is 0 Å². The Morgan fingerprint density at radius 2 is 1.64 bits per heavy atom. The molecule has 4 rings (SSSR count). The zero-order valence-corrected chi connectivity index (χ0v) is 14.9. The van der Waals surface area contributed by atoms with E-state index in [4.69, 9.17) is 13.5 Å². The van der Waals surface area contributed by atoms with Crippen LogP contribution in [0, 0.1) is 0 Å². The highest BCUT2D eigenvalue weighted by atomic mass is 16.5. The van der Waals surface area contributed by atoms with Crippen molar-refractivity contribution in [1.82, 2.24) is 0 Å². The summed E-state index contributed by atoms with van der Waals surface area (Å²) in [5, 5.41) is 13.4. The Labute approximate surface area is 146 Å². The van der Waals surface area contributed by atoms with Gasteiger partial charge in [-0.3, -0.25) is 0 Å². The predicted molar refractivity (Wildman–Crippen MR) is 102 cm³/mol. The minimum absolute atomic E-state index is 0.408. The normalized spacial score (nSPS) is 13.2. The molecular formula is C20H21BO4. The minimum atomic E-state index is -0.927. The van der Waals surface area contributed by atoms with E-state index in [9.17, 15) is 5.11 Å². The monoisotopic (exact) mass is 336 g/mol. The second-order valence-corrected chi connectivity index (χ2v) is 7.56. The molecule has 0 radical (unpaired) electrons. The first-order valence-corrected chi connectivity index (χ1v) is 8.44. The van der Waals surface area contributed by atoms with Gasteiger partial charge in [-0.05, 0) is 57.4 Å². The number of benzene rings is 2. The molecular weight excluding hydrogens is 315 g/mol. The summed E-state index contributed by atoms with van der Waals surface area (Å²) in [6.45, 7) is 7.29. The number of furan rings is 2. The third-order valence-electron chi connectivity index (χ3n) is 5.21. The van der Waals surface area contributed by atoms with Gasteiger partial charge in [0, 0.05) is 16.2 Å². The van der Waals surface area contributed by atoms with Crippen LogP contribution in [-0.2, 0) is 4.65 Å². The molecule has 0 saturated heterocycles. The molecule has 2 aromatic carbocycles. The highest BCUT2D eigenvalue weighted by Gasteiger charge is 2.35. The van der Waals surface area contributed by atoms with Crippen LogP contribution in [0.2, 0.25) is 0 Å². The van der Waals surface area contributed by atoms with Crippen molar-refractivity contribution in [2.45, 2.75) is 38.9 Å². The van der Waals surface area contributed by atoms with E-state index in [1.807, 2.05) is 44.2 Å². The van der Waals surface area contributed by atoms with Crippen LogP contribution in [0.5, 0.6) is 0 Å². The Morgan fingerprint density at radius 1 is 0.920 bits per heavy atom. The first-order valence-electron chi connectivity index (χ1n) is 8.44. The molecule has 0 spiro atoms. The third kappa shape index (κ3) is 2.64. The summed E-state index contributed by atoms with van der Waals surface area (Å²) < 4.78 is 17.5. The Bertz CT molecular complexity index is 1070. The fraction of sp³-hybridized carbons (Fsp3) is 0.300. The van der Waals surface area contributed by atoms with Crippen molar-refractivity contribution in [3.8, 4) is 0 Å². The molecule has 0 aliphatic carbocycles. The number of fused-ring (bicyclic) bond motifs is 5. The molecule has 1 N–H and O–H groups in total. The van der Waals surface area contributed by atoms with Crippen LogP contribution >= 0.6 is 0 Å². The molecule has 4 nitrogen and oxygen atoms in total. The van der Waals surface area contributed by atoms with Gasteiger partial charge < -0.3 is 18.6 Å². The van der Waals surface area contributed by atoms with Gasteiger partial charge in [-0.25, -0.2) is 0 Å². The van der Waals surface area contributed by atoms with Crippen LogP contribution in [0.15, 0.2) is 51.5 Å². The average molecular weight is 336 g/mol. The zero-order chi connectivity index (χ0) is 17.8. The summed E-state index contributed by atoms with van der Waals surface area (Å²) in [5.41, 5.74) is 1.95. The zero-order valence-electron chi connectivity index (χ0n) is 14.9. The van der Waals surface area contributed by atoms with Crippen LogP contribution in [0.4, 0.5) is 0 Å². The van der Waals surface area contributed by atoms with Gasteiger partial charge in [0.25, 0.3) is 0 Å². The number of aliphatic hydroxyl groups is 1. The third-order valence-corrected chi connectivity index (χ3v) is 5.21. The Morgan fingerprint density at radius 3 is 2.40 bits per heavy atom. The van der Waals surface area contributed by atoms with Gasteiger partial charge in [0.15, 0.2) is 0 Å². The van der Waals surface area contributed by atoms with Crippen LogP contribution in [0.1, 0.15) is 27.7 Å². The van der Waals surface area contributed by atoms with E-state index in [0.29, 0.717) is 7.48 Å². The molecule has 0 fully saturated rings. The molecule has 0 atom stereocenters. The van der Waals surface area contributed by atoms with E-state index in [0.717, 1.165) is 38.4 Å². The van der Waals surface area contributed by atoms with Gasteiger partial charge in [0.1, 0.15) is 16.7 Å². The Kier molecular flexibility index (Phi) is 3.50. The lowest BCUT2D eigenvalue weighted by molar-refractivity contribution is -0.0893. The number of hydrogen-bond donors (Lipinski definition) is 1. The van der Waals surface area contributed by atoms with E-state index < -0.39 is 11.2 Å². The van der Waals surface area contributed by atoms with E-state index >= 15 is 0 Å². The lowest BCUT2D eigenvalue weighted by Gasteiger charge is -2.37. The molecule has 0 aliphatic heterocycles. The molecule has 2 heterocycles. The standard InChI is InChI=1S/C20H21BO4/c1-19(2,22)20(3,4)25-21-12-5-6-13-17(11-12)24-16-8-7-15-14(18(13)16)9-10-23-15/h5-11,21-22H,1-4H3. The molecule has 128 valence electrons. The molecule has 0 saturated carbocycles. The van der Waals surface area contributed by atoms with Crippen LogP contribution in [0.25, 0.3) is 32.9 Å². The van der Waals surface area contributed by atoms with Gasteiger partial charge >= 0.3 is 7.48 Å². The summed E-state index contributed by atoms with van der Waals surface area (Å²) in [7, 11) is 0.408. The maximum absolute atomic E-state index is 10.2. The van der Waals surface area contributed by atoms with Crippen molar-refractivity contribution in [1.29, 1.82) is 0 Å². The quantitative estimate of drug-likeness (QED) is 0.575. The Hall–Kier alpha value is -2.24. The summed E-state index contributed by atoms with van der Waals surface area (Å²) in [5.74, 6) is 0. The van der Waals surface area contributed by atoms with Crippen molar-refractivity contribution in [3.63, 3.8) is 0 Å². The summed E-state index contributed by atoms with van der Waals surface area (Å²) in [6, 6.07) is 11.9. The molecule has 0 bridgehead atoms. The fourth-order valence-electron chi connectivity index (χ4n) is 2.89. The van der Waals surface area contributed by atoms with Gasteiger partial charge in [-0.1, -0.05) is 12.1 Å². The topological polar surface area (TPSA) is 55.7 Å². The molecule has 0 aliphatic rings. The second-order valence-electron chi connectivity index (χ2n) is 7.56. The predicted octanol–water partition coefficient (Wildman–Crippen LogP) is 3.88. The lowest BCUT2D eigenvalue weighted by Crippen LogP contribution is -2.49. The average Bonchev–Trinajstić information content (AvgIpc) is 3.14. The number of hydrogen-bond acceptors (Lipinski definition) is 4. The summed E-state index contributed by atoms with van der Waals surface area (Å²) >= 11 is 0. The van der Waals surface area contributed by atoms with E-state index in [2.05, 4.69) is 6.07 Å². The van der Waals surface area contributed by atoms with E-state index in [1.54, 1.807) is 20.1 Å². The summed E-state index contributed by atoms with van der Waals surface area (Å²) in [4.78, 5) is 0. The van der Waals surface area contributed by atoms with Crippen molar-refractivity contribution >= 4 is 45.9 Å². The van der Waals surface area contributed by atoms with Crippen molar-refractivity contribution in [2.75, 3.05) is 0 Å². The van der Waals surface area contributed by atoms with E-state index in [-0.39, 0.29) is 0 Å². The van der Waals surface area contributed by atoms with Crippen LogP contribution in [0.3, 0.4) is 0 Å². The van der Waals surface area contributed by atoms with E-state index in [1.165, 1.54) is 0 Å². The van der Waals surface area contributed by atoms with Gasteiger partial charge in [-0.15, -0.1) is 0 Å². The molecule has 4 aromatic rings. The van der Waals surface area contributed by atoms with Crippen molar-refractivity contribution in [3.05, 3.63) is 42.7 Å². The first kappa shape index (κ1) is 16.2. The molecule has 0 amide bonds. The van der Waals surface area contributed by atoms with Crippen LogP contribution in [-0.4, -0.2) is 23.8 Å². The highest BCUT2D eigenvalue weighted by Crippen LogP contribution is 2.34. The lowest BCUT2D eigenvalue weighted by atomic mass is 9.82. The van der Waals surface area contributed by atoms with Gasteiger partial charge in [0.05, 0.1) is 17.5 Å². The maximum atomic E-state index is 10.2. The van der Waals surface area contributed by atoms with Crippen LogP contribution < -0.4 is 5.46 Å². The number of rotatable bonds is 4.